The van der Waals surface area contributed by atoms with Crippen molar-refractivity contribution >= 4 is 33.5 Å². The molecular weight excluding hydrogens is 532 g/mol. The van der Waals surface area contributed by atoms with Gasteiger partial charge in [0.05, 0.1) is 12.4 Å². The Hall–Kier alpha value is -4.26. The van der Waals surface area contributed by atoms with Gasteiger partial charge in [0.15, 0.2) is 5.96 Å². The molecule has 0 fully saturated rings. The highest BCUT2D eigenvalue weighted by Gasteiger charge is 2.28. The molecule has 3 aromatic rings. The molecule has 3 rings (SSSR count). The third kappa shape index (κ3) is 10.1. The highest BCUT2D eigenvalue weighted by Crippen LogP contribution is 2.11. The van der Waals surface area contributed by atoms with Gasteiger partial charge in [-0.15, -0.1) is 0 Å². The van der Waals surface area contributed by atoms with Gasteiger partial charge in [-0.05, 0) is 41.7 Å². The number of amides is 2. The number of nitrogens with two attached hydrogens (primary N) is 1. The van der Waals surface area contributed by atoms with E-state index in [0.717, 1.165) is 11.1 Å². The van der Waals surface area contributed by atoms with Crippen LogP contribution in [-0.4, -0.2) is 50.0 Å². The van der Waals surface area contributed by atoms with Crippen molar-refractivity contribution in [3.05, 3.63) is 102 Å². The predicted octanol–water partition coefficient (Wildman–Crippen LogP) is 1.21. The first kappa shape index (κ1) is 30.3. The lowest BCUT2D eigenvalue weighted by Gasteiger charge is -2.22. The smallest absolute Gasteiger partial charge is 0.242 e. The average Bonchev–Trinajstić information content (AvgIpc) is 2.94. The first-order chi connectivity index (χ1) is 19.1. The number of aliphatic hydroxyl groups is 1. The van der Waals surface area contributed by atoms with E-state index in [9.17, 15) is 23.1 Å². The Morgan fingerprint density at radius 2 is 1.43 bits per heavy atom. The molecule has 0 radical (unpaired) electrons. The third-order valence-electron chi connectivity index (χ3n) is 5.92. The lowest BCUT2D eigenvalue weighted by molar-refractivity contribution is -0.130. The number of carbonyl (C=O) groups excluding carboxylic acids is 2. The molecule has 0 aliphatic carbocycles. The van der Waals surface area contributed by atoms with Crippen molar-refractivity contribution < 1.29 is 23.1 Å². The van der Waals surface area contributed by atoms with Crippen LogP contribution in [0, 0.1) is 5.41 Å². The van der Waals surface area contributed by atoms with Crippen LogP contribution in [-0.2, 0) is 38.3 Å². The summed E-state index contributed by atoms with van der Waals surface area (Å²) in [6.45, 7) is -0.614. The number of nitrogens with one attached hydrogen (secondary N) is 5. The number of carbonyl (C=O) groups is 2. The molecule has 11 nitrogen and oxygen atoms in total. The number of hydrogen-bond acceptors (Lipinski definition) is 6. The van der Waals surface area contributed by atoms with E-state index in [0.29, 0.717) is 17.7 Å². The third-order valence-corrected chi connectivity index (χ3v) is 7.27. The predicted molar refractivity (Wildman–Crippen MR) is 154 cm³/mol. The van der Waals surface area contributed by atoms with Crippen LogP contribution in [0.2, 0.25) is 0 Å². The minimum absolute atomic E-state index is 0.171. The Balaban J connectivity index is 1.66. The van der Waals surface area contributed by atoms with Crippen molar-refractivity contribution in [2.75, 3.05) is 11.9 Å². The topological polar surface area (TPSA) is 186 Å². The summed E-state index contributed by atoms with van der Waals surface area (Å²) in [6, 6.07) is 22.4. The second kappa shape index (κ2) is 14.8. The largest absolute Gasteiger partial charge is 0.394 e. The summed E-state index contributed by atoms with van der Waals surface area (Å²) in [5.74, 6) is -1.83. The van der Waals surface area contributed by atoms with Gasteiger partial charge in [0.25, 0.3) is 0 Å². The molecule has 0 aromatic heterocycles. The van der Waals surface area contributed by atoms with Crippen LogP contribution >= 0.6 is 0 Å². The van der Waals surface area contributed by atoms with E-state index in [-0.39, 0.29) is 24.7 Å². The first-order valence-corrected chi connectivity index (χ1v) is 14.3. The van der Waals surface area contributed by atoms with Crippen LogP contribution in [0.4, 0.5) is 5.69 Å². The van der Waals surface area contributed by atoms with Crippen molar-refractivity contribution in [3.63, 3.8) is 0 Å². The zero-order chi connectivity index (χ0) is 29.0. The molecule has 0 spiro atoms. The van der Waals surface area contributed by atoms with Gasteiger partial charge < -0.3 is 26.8 Å². The van der Waals surface area contributed by atoms with Crippen molar-refractivity contribution in [1.29, 1.82) is 5.41 Å². The van der Waals surface area contributed by atoms with Crippen molar-refractivity contribution in [2.45, 2.75) is 37.2 Å². The fourth-order valence-corrected chi connectivity index (χ4v) is 5.23. The molecule has 0 heterocycles. The zero-order valence-corrected chi connectivity index (χ0v) is 22.7. The van der Waals surface area contributed by atoms with E-state index in [4.69, 9.17) is 11.1 Å². The van der Waals surface area contributed by atoms with E-state index in [2.05, 4.69) is 20.7 Å². The second-order valence-corrected chi connectivity index (χ2v) is 10.9. The van der Waals surface area contributed by atoms with Crippen molar-refractivity contribution in [2.24, 2.45) is 5.73 Å². The molecule has 0 aliphatic rings. The van der Waals surface area contributed by atoms with E-state index in [1.165, 1.54) is 0 Å². The number of sulfonamides is 1. The Bertz CT molecular complexity index is 1370. The van der Waals surface area contributed by atoms with Gasteiger partial charge in [-0.2, -0.15) is 0 Å². The van der Waals surface area contributed by atoms with Crippen LogP contribution in [0.15, 0.2) is 84.9 Å². The Morgan fingerprint density at radius 3 is 2.00 bits per heavy atom. The summed E-state index contributed by atoms with van der Waals surface area (Å²) in [4.78, 5) is 26.2. The normalized spacial score (nSPS) is 12.6. The van der Waals surface area contributed by atoms with Gasteiger partial charge >= 0.3 is 0 Å². The zero-order valence-electron chi connectivity index (χ0n) is 21.8. The molecule has 0 bridgehead atoms. The van der Waals surface area contributed by atoms with E-state index in [1.807, 2.05) is 30.3 Å². The Morgan fingerprint density at radius 1 is 0.825 bits per heavy atom. The molecule has 212 valence electrons. The molecule has 0 saturated heterocycles. The fourth-order valence-electron chi connectivity index (χ4n) is 3.90. The molecular formula is C28H34N6O5S. The maximum absolute atomic E-state index is 13.1. The van der Waals surface area contributed by atoms with Gasteiger partial charge in [-0.25, -0.2) is 13.1 Å². The number of guanidine groups is 1. The van der Waals surface area contributed by atoms with Gasteiger partial charge in [0.2, 0.25) is 21.8 Å². The molecule has 3 aromatic carbocycles. The number of aryl methyl sites for hydroxylation is 1. The summed E-state index contributed by atoms with van der Waals surface area (Å²) >= 11 is 0. The van der Waals surface area contributed by atoms with E-state index in [1.54, 1.807) is 54.6 Å². The summed E-state index contributed by atoms with van der Waals surface area (Å²) in [7, 11) is -3.96. The molecule has 8 N–H and O–H groups in total. The van der Waals surface area contributed by atoms with Gasteiger partial charge in [-0.3, -0.25) is 15.0 Å². The molecule has 0 aliphatic heterocycles. The second-order valence-electron chi connectivity index (χ2n) is 9.14. The van der Waals surface area contributed by atoms with Crippen molar-refractivity contribution in [3.8, 4) is 0 Å². The van der Waals surface area contributed by atoms with Gasteiger partial charge in [0.1, 0.15) is 12.1 Å². The standard InChI is InChI=1S/C28H34N6O5S/c29-28(30)32-23-14-11-21(12-15-23)17-31-26(36)24(16-13-20-7-3-1-4-8-20)33-27(37)25(18-35)34-40(38,39)19-22-9-5-2-6-10-22/h1-12,14-15,24-25,34-35H,13,16-19H2,(H,31,36)(H,33,37)(H4,29,30,32). The van der Waals surface area contributed by atoms with Crippen molar-refractivity contribution in [1.82, 2.24) is 15.4 Å². The summed E-state index contributed by atoms with van der Waals surface area (Å²) in [6.07, 6.45) is 0.728. The number of hydrogen-bond donors (Lipinski definition) is 7. The first-order valence-electron chi connectivity index (χ1n) is 12.6. The number of aliphatic hydroxyl groups excluding tert-OH is 1. The lowest BCUT2D eigenvalue weighted by Crippen LogP contribution is -2.55. The fraction of sp³-hybridized carbons (Fsp3) is 0.250. The SMILES string of the molecule is N=C(N)Nc1ccc(CNC(=O)C(CCc2ccccc2)NC(=O)C(CO)NS(=O)(=O)Cc2ccccc2)cc1. The molecule has 2 amide bonds. The highest BCUT2D eigenvalue weighted by molar-refractivity contribution is 7.88. The van der Waals surface area contributed by atoms with Crippen LogP contribution < -0.4 is 26.4 Å². The van der Waals surface area contributed by atoms with Crippen LogP contribution in [0.5, 0.6) is 0 Å². The maximum atomic E-state index is 13.1. The number of anilines is 1. The van der Waals surface area contributed by atoms with Crippen LogP contribution in [0.3, 0.4) is 0 Å². The van der Waals surface area contributed by atoms with Gasteiger partial charge in [0, 0.05) is 12.2 Å². The summed E-state index contributed by atoms with van der Waals surface area (Å²) < 4.78 is 27.5. The minimum atomic E-state index is -3.96. The molecule has 40 heavy (non-hydrogen) atoms. The van der Waals surface area contributed by atoms with E-state index >= 15 is 0 Å². The lowest BCUT2D eigenvalue weighted by atomic mass is 10.0. The number of rotatable bonds is 14. The number of benzene rings is 3. The Labute approximate surface area is 233 Å². The monoisotopic (exact) mass is 566 g/mol. The molecule has 12 heteroatoms. The Kier molecular flexibility index (Phi) is 11.2. The summed E-state index contributed by atoms with van der Waals surface area (Å²) in [5.41, 5.74) is 8.22. The average molecular weight is 567 g/mol. The summed E-state index contributed by atoms with van der Waals surface area (Å²) in [5, 5.41) is 25.2. The maximum Gasteiger partial charge on any atom is 0.242 e. The molecule has 2 unspecified atom stereocenters. The highest BCUT2D eigenvalue weighted by atomic mass is 32.2. The van der Waals surface area contributed by atoms with Crippen LogP contribution in [0.25, 0.3) is 0 Å². The van der Waals surface area contributed by atoms with E-state index < -0.39 is 40.5 Å². The molecule has 2 atom stereocenters. The molecule has 0 saturated carbocycles. The quantitative estimate of drug-likeness (QED) is 0.113. The minimum Gasteiger partial charge on any atom is -0.394 e. The van der Waals surface area contributed by atoms with Gasteiger partial charge in [-0.1, -0.05) is 72.8 Å². The van der Waals surface area contributed by atoms with Crippen LogP contribution in [0.1, 0.15) is 23.1 Å².